The number of hydrogen-bond acceptors (Lipinski definition) is 2. The number of thioether (sulfide) groups is 1. The van der Waals surface area contributed by atoms with Crippen molar-refractivity contribution >= 4 is 44.6 Å². The maximum absolute atomic E-state index is 4.63. The summed E-state index contributed by atoms with van der Waals surface area (Å²) >= 11 is 1.73. The van der Waals surface area contributed by atoms with E-state index in [0.29, 0.717) is 0 Å². The third kappa shape index (κ3) is 1.84. The van der Waals surface area contributed by atoms with E-state index in [1.807, 2.05) is 0 Å². The van der Waals surface area contributed by atoms with Crippen molar-refractivity contribution in [1.82, 2.24) is 9.97 Å². The third-order valence-corrected chi connectivity index (χ3v) is 4.21. The molecule has 4 rings (SSSR count). The zero-order valence-corrected chi connectivity index (χ0v) is 11.9. The summed E-state index contributed by atoms with van der Waals surface area (Å²) < 4.78 is 0. The monoisotopic (exact) mass is 280 g/mol. The van der Waals surface area contributed by atoms with Gasteiger partial charge in [-0.05, 0) is 34.3 Å². The highest BCUT2D eigenvalue weighted by Crippen LogP contribution is 2.24. The summed E-state index contributed by atoms with van der Waals surface area (Å²) in [5.41, 5.74) is 4.40. The van der Waals surface area contributed by atoms with Gasteiger partial charge in [0.15, 0.2) is 5.52 Å². The minimum atomic E-state index is 0.988. The zero-order chi connectivity index (χ0) is 13.5. The molecule has 0 amide bonds. The Kier molecular flexibility index (Phi) is 2.63. The van der Waals surface area contributed by atoms with Crippen LogP contribution in [0.15, 0.2) is 47.6 Å². The van der Waals surface area contributed by atoms with Crippen LogP contribution in [0.4, 0.5) is 0 Å². The second-order valence-corrected chi connectivity index (χ2v) is 6.04. The molecule has 4 heteroatoms. The number of aromatic amines is 2. The van der Waals surface area contributed by atoms with Crippen molar-refractivity contribution in [2.45, 2.75) is 12.1 Å². The molecule has 2 aromatic heterocycles. The van der Waals surface area contributed by atoms with Gasteiger partial charge in [0.2, 0.25) is 5.52 Å². The number of aromatic nitrogens is 3. The number of benzene rings is 2. The molecule has 0 unspecified atom stereocenters. The molecule has 0 fully saturated rings. The van der Waals surface area contributed by atoms with Crippen molar-refractivity contribution in [1.29, 1.82) is 0 Å². The Bertz CT molecular complexity index is 855. The minimum Gasteiger partial charge on any atom is -0.354 e. The number of nitrogens with one attached hydrogen (secondary N) is 2. The molecule has 0 aliphatic carbocycles. The molecule has 0 bridgehead atoms. The Morgan fingerprint density at radius 3 is 2.90 bits per heavy atom. The standard InChI is InChI=1S/C16H13N3S/c1-2-20-16-18-14-8-11-7-10-5-3-4-6-12(10)17-13(11)9-15(14)19-16/h3-9,17H,2H2,1H3/p+1. The van der Waals surface area contributed by atoms with E-state index in [1.54, 1.807) is 11.8 Å². The first-order valence-corrected chi connectivity index (χ1v) is 7.69. The number of imidazole rings is 1. The largest absolute Gasteiger partial charge is 0.358 e. The Balaban J connectivity index is 2.02. The van der Waals surface area contributed by atoms with Gasteiger partial charge >= 0.3 is 5.16 Å². The molecule has 0 saturated carbocycles. The van der Waals surface area contributed by atoms with Gasteiger partial charge in [0.05, 0.1) is 5.52 Å². The SMILES string of the molecule is CCSc1nc2cc3cc4ccccc4[nH]c3cc2[nH+]1. The van der Waals surface area contributed by atoms with E-state index in [9.17, 15) is 0 Å². The van der Waals surface area contributed by atoms with E-state index in [1.165, 1.54) is 10.8 Å². The van der Waals surface area contributed by atoms with Crippen LogP contribution in [0.2, 0.25) is 0 Å². The lowest BCUT2D eigenvalue weighted by Gasteiger charge is -2.01. The van der Waals surface area contributed by atoms with Crippen molar-refractivity contribution in [2.75, 3.05) is 5.75 Å². The first-order valence-electron chi connectivity index (χ1n) is 6.71. The molecule has 2 heterocycles. The van der Waals surface area contributed by atoms with Crippen LogP contribution >= 0.6 is 11.8 Å². The average molecular weight is 280 g/mol. The number of H-pyrrole nitrogens is 2. The summed E-state index contributed by atoms with van der Waals surface area (Å²) in [5, 5.41) is 3.40. The highest BCUT2D eigenvalue weighted by Gasteiger charge is 2.14. The quantitative estimate of drug-likeness (QED) is 0.448. The normalized spacial score (nSPS) is 11.7. The lowest BCUT2D eigenvalue weighted by molar-refractivity contribution is -0.396. The van der Waals surface area contributed by atoms with Crippen LogP contribution in [-0.2, 0) is 0 Å². The zero-order valence-electron chi connectivity index (χ0n) is 11.1. The molecular formula is C16H14N3S+. The number of nitrogens with zero attached hydrogens (tertiary/aromatic N) is 1. The molecule has 0 aliphatic heterocycles. The van der Waals surface area contributed by atoms with Crippen LogP contribution in [0.5, 0.6) is 0 Å². The molecule has 98 valence electrons. The molecule has 0 atom stereocenters. The number of pyridine rings is 1. The Labute approximate surface area is 120 Å². The molecule has 2 aromatic carbocycles. The van der Waals surface area contributed by atoms with Crippen LogP contribution in [0.1, 0.15) is 6.92 Å². The van der Waals surface area contributed by atoms with Gasteiger partial charge in [-0.1, -0.05) is 25.1 Å². The Morgan fingerprint density at radius 1 is 1.10 bits per heavy atom. The Hall–Kier alpha value is -2.07. The predicted octanol–water partition coefficient (Wildman–Crippen LogP) is 3.80. The average Bonchev–Trinajstić information content (AvgIpc) is 2.84. The Morgan fingerprint density at radius 2 is 2.00 bits per heavy atom. The maximum atomic E-state index is 4.63. The van der Waals surface area contributed by atoms with Gasteiger partial charge in [0.25, 0.3) is 0 Å². The predicted molar refractivity (Wildman–Crippen MR) is 84.1 cm³/mol. The second kappa shape index (κ2) is 4.49. The van der Waals surface area contributed by atoms with Crippen LogP contribution in [0.25, 0.3) is 32.8 Å². The van der Waals surface area contributed by atoms with E-state index in [0.717, 1.165) is 33.0 Å². The molecule has 0 saturated heterocycles. The van der Waals surface area contributed by atoms with E-state index >= 15 is 0 Å². The summed E-state index contributed by atoms with van der Waals surface area (Å²) in [4.78, 5) is 11.5. The molecule has 4 aromatic rings. The maximum Gasteiger partial charge on any atom is 0.358 e. The highest BCUT2D eigenvalue weighted by atomic mass is 32.2. The smallest absolute Gasteiger partial charge is 0.354 e. The fraction of sp³-hybridized carbons (Fsp3) is 0.125. The fourth-order valence-corrected chi connectivity index (χ4v) is 3.15. The number of fused-ring (bicyclic) bond motifs is 3. The van der Waals surface area contributed by atoms with Crippen LogP contribution in [0.3, 0.4) is 0 Å². The van der Waals surface area contributed by atoms with Gasteiger partial charge in [0, 0.05) is 28.8 Å². The molecule has 0 aliphatic rings. The molecule has 3 nitrogen and oxygen atoms in total. The van der Waals surface area contributed by atoms with Crippen molar-refractivity contribution in [3.8, 4) is 0 Å². The first-order chi connectivity index (χ1) is 9.83. The van der Waals surface area contributed by atoms with Crippen LogP contribution in [0, 0.1) is 0 Å². The van der Waals surface area contributed by atoms with Crippen molar-refractivity contribution in [3.63, 3.8) is 0 Å². The third-order valence-electron chi connectivity index (χ3n) is 3.45. The molecule has 0 radical (unpaired) electrons. The summed E-state index contributed by atoms with van der Waals surface area (Å²) in [6.45, 7) is 2.13. The van der Waals surface area contributed by atoms with Gasteiger partial charge in [-0.25, -0.2) is 4.98 Å². The summed E-state index contributed by atoms with van der Waals surface area (Å²) in [6.07, 6.45) is 0. The molecule has 0 spiro atoms. The number of hydrogen-bond donors (Lipinski definition) is 1. The van der Waals surface area contributed by atoms with Gasteiger partial charge < -0.3 is 4.98 Å². The highest BCUT2D eigenvalue weighted by molar-refractivity contribution is 7.99. The summed E-state index contributed by atoms with van der Waals surface area (Å²) in [7, 11) is 0. The van der Waals surface area contributed by atoms with Crippen LogP contribution in [-0.4, -0.2) is 15.7 Å². The number of rotatable bonds is 2. The summed E-state index contributed by atoms with van der Waals surface area (Å²) in [6, 6.07) is 14.8. The van der Waals surface area contributed by atoms with Gasteiger partial charge in [0.1, 0.15) is 0 Å². The first kappa shape index (κ1) is 11.7. The lowest BCUT2D eigenvalue weighted by Crippen LogP contribution is -2.01. The second-order valence-electron chi connectivity index (χ2n) is 4.79. The minimum absolute atomic E-state index is 0.988. The molecule has 2 N–H and O–H groups in total. The van der Waals surface area contributed by atoms with E-state index in [2.05, 4.69) is 64.3 Å². The van der Waals surface area contributed by atoms with Crippen molar-refractivity contribution < 1.29 is 4.98 Å². The van der Waals surface area contributed by atoms with Crippen molar-refractivity contribution in [2.24, 2.45) is 0 Å². The van der Waals surface area contributed by atoms with Crippen molar-refractivity contribution in [3.05, 3.63) is 42.5 Å². The molecule has 20 heavy (non-hydrogen) atoms. The van der Waals surface area contributed by atoms with Gasteiger partial charge in [-0.15, -0.1) is 0 Å². The topological polar surface area (TPSA) is 42.8 Å². The van der Waals surface area contributed by atoms with Gasteiger partial charge in [-0.2, -0.15) is 0 Å². The van der Waals surface area contributed by atoms with E-state index < -0.39 is 0 Å². The lowest BCUT2D eigenvalue weighted by atomic mass is 10.1. The number of para-hydroxylation sites is 1. The van der Waals surface area contributed by atoms with E-state index in [4.69, 9.17) is 0 Å². The van der Waals surface area contributed by atoms with Gasteiger partial charge in [-0.3, -0.25) is 0 Å². The fourth-order valence-electron chi connectivity index (χ4n) is 2.53. The van der Waals surface area contributed by atoms with Crippen LogP contribution < -0.4 is 4.98 Å². The molecular weight excluding hydrogens is 266 g/mol. The van der Waals surface area contributed by atoms with E-state index in [-0.39, 0.29) is 0 Å². The summed E-state index contributed by atoms with van der Waals surface area (Å²) in [5.74, 6) is 1.02.